The lowest BCUT2D eigenvalue weighted by Crippen LogP contribution is -2.60. The number of ether oxygens (including phenoxy) is 1. The largest absolute Gasteiger partial charge is 0.465 e. The van der Waals surface area contributed by atoms with Crippen LogP contribution in [-0.4, -0.2) is 40.8 Å². The third kappa shape index (κ3) is 5.59. The van der Waals surface area contributed by atoms with Crippen LogP contribution in [0, 0.1) is 28.1 Å². The molecule has 3 aliphatic rings. The fourth-order valence-corrected chi connectivity index (χ4v) is 7.92. The average molecular weight is 513 g/mol. The molecule has 0 aromatic rings. The van der Waals surface area contributed by atoms with E-state index in [1.165, 1.54) is 12.5 Å². The van der Waals surface area contributed by atoms with Crippen LogP contribution in [0.2, 0.25) is 0 Å². The van der Waals surface area contributed by atoms with Gasteiger partial charge in [-0.2, -0.15) is 0 Å². The lowest BCUT2D eigenvalue weighted by Gasteiger charge is -2.62. The molecule has 0 saturated heterocycles. The Kier molecular flexibility index (Phi) is 8.81. The summed E-state index contributed by atoms with van der Waals surface area (Å²) in [5.74, 6) is 0.279. The van der Waals surface area contributed by atoms with Crippen molar-refractivity contribution in [3.8, 4) is 0 Å². The first-order chi connectivity index (χ1) is 17.2. The van der Waals surface area contributed by atoms with Crippen LogP contribution in [0.15, 0.2) is 46.6 Å². The van der Waals surface area contributed by atoms with Crippen LogP contribution >= 0.6 is 0 Å². The second-order valence-electron chi connectivity index (χ2n) is 12.9. The molecule has 3 aliphatic carbocycles. The number of ketones is 1. The third-order valence-electron chi connectivity index (χ3n) is 10.0. The number of aliphatic hydroxyl groups is 2. The number of carbonyl (C=O) groups excluding carboxylic acids is 2. The second kappa shape index (κ2) is 11.0. The molecule has 5 heteroatoms. The standard InChI is InChI=1S/C32H48O5/c1-20(2)12-13-24(34)21(3)10-9-11-22(4)29-25(35)18-27-30(6)17-15-28(36)32(8,19-37-23(5)33)26(30)14-16-31(27,29)7/h9-12,24,26-28,34,36H,13-19H2,1-8H3. The number of esters is 1. The summed E-state index contributed by atoms with van der Waals surface area (Å²) in [6.07, 6.45) is 11.3. The molecule has 3 fully saturated rings. The van der Waals surface area contributed by atoms with Gasteiger partial charge in [0.25, 0.3) is 0 Å². The number of hydrogen-bond donors (Lipinski definition) is 2. The summed E-state index contributed by atoms with van der Waals surface area (Å²) >= 11 is 0. The predicted molar refractivity (Wildman–Crippen MR) is 148 cm³/mol. The van der Waals surface area contributed by atoms with Gasteiger partial charge in [0, 0.05) is 29.7 Å². The molecule has 0 heterocycles. The molecule has 206 valence electrons. The Morgan fingerprint density at radius 1 is 1.08 bits per heavy atom. The first-order valence-electron chi connectivity index (χ1n) is 13.9. The van der Waals surface area contributed by atoms with Gasteiger partial charge < -0.3 is 14.9 Å². The molecule has 2 N–H and O–H groups in total. The summed E-state index contributed by atoms with van der Waals surface area (Å²) in [4.78, 5) is 25.1. The maximum Gasteiger partial charge on any atom is 0.302 e. The normalized spacial score (nSPS) is 38.2. The minimum Gasteiger partial charge on any atom is -0.465 e. The minimum absolute atomic E-state index is 0.117. The maximum atomic E-state index is 13.5. The molecule has 0 amide bonds. The van der Waals surface area contributed by atoms with Crippen molar-refractivity contribution in [2.75, 3.05) is 6.61 Å². The Bertz CT molecular complexity index is 1030. The molecule has 0 radical (unpaired) electrons. The molecule has 0 aromatic heterocycles. The summed E-state index contributed by atoms with van der Waals surface area (Å²) in [6.45, 7) is 16.3. The van der Waals surface area contributed by atoms with Crippen molar-refractivity contribution >= 4 is 11.8 Å². The topological polar surface area (TPSA) is 83.8 Å². The van der Waals surface area contributed by atoms with E-state index >= 15 is 0 Å². The van der Waals surface area contributed by atoms with E-state index in [9.17, 15) is 19.8 Å². The van der Waals surface area contributed by atoms with Gasteiger partial charge >= 0.3 is 5.97 Å². The SMILES string of the molecule is CC(=O)OCC1(C)C(O)CCC2(C)C3CC(=O)C(=C(C)C=CC=C(C)C(O)CC=C(C)C)C3(C)CCC12. The highest BCUT2D eigenvalue weighted by Gasteiger charge is 2.65. The van der Waals surface area contributed by atoms with E-state index in [0.717, 1.165) is 36.0 Å². The number of aliphatic hydroxyl groups excluding tert-OH is 2. The molecule has 0 aliphatic heterocycles. The summed E-state index contributed by atoms with van der Waals surface area (Å²) in [5, 5.41) is 21.4. The minimum atomic E-state index is -0.520. The summed E-state index contributed by atoms with van der Waals surface area (Å²) in [5.41, 5.74) is 3.18. The van der Waals surface area contributed by atoms with Crippen molar-refractivity contribution in [3.05, 3.63) is 46.6 Å². The van der Waals surface area contributed by atoms with E-state index in [-0.39, 0.29) is 41.0 Å². The van der Waals surface area contributed by atoms with Gasteiger partial charge in [0.1, 0.15) is 0 Å². The monoisotopic (exact) mass is 512 g/mol. The van der Waals surface area contributed by atoms with Crippen LogP contribution in [0.1, 0.15) is 93.9 Å². The quantitative estimate of drug-likeness (QED) is 0.182. The highest BCUT2D eigenvalue weighted by atomic mass is 16.5. The van der Waals surface area contributed by atoms with Gasteiger partial charge in [-0.25, -0.2) is 0 Å². The van der Waals surface area contributed by atoms with E-state index < -0.39 is 17.6 Å². The molecule has 7 unspecified atom stereocenters. The van der Waals surface area contributed by atoms with Crippen LogP contribution in [-0.2, 0) is 14.3 Å². The van der Waals surface area contributed by atoms with Crippen LogP contribution in [0.3, 0.4) is 0 Å². The highest BCUT2D eigenvalue weighted by Crippen LogP contribution is 2.69. The van der Waals surface area contributed by atoms with E-state index in [0.29, 0.717) is 19.3 Å². The highest BCUT2D eigenvalue weighted by molar-refractivity contribution is 6.00. The van der Waals surface area contributed by atoms with E-state index in [1.54, 1.807) is 0 Å². The lowest BCUT2D eigenvalue weighted by atomic mass is 9.43. The molecule has 7 atom stereocenters. The Morgan fingerprint density at radius 2 is 1.76 bits per heavy atom. The Labute approximate surface area is 223 Å². The van der Waals surface area contributed by atoms with Gasteiger partial charge in [-0.15, -0.1) is 0 Å². The fourth-order valence-electron chi connectivity index (χ4n) is 7.92. The van der Waals surface area contributed by atoms with Gasteiger partial charge in [-0.1, -0.05) is 50.6 Å². The lowest BCUT2D eigenvalue weighted by molar-refractivity contribution is -0.189. The van der Waals surface area contributed by atoms with E-state index in [2.05, 4.69) is 20.8 Å². The van der Waals surface area contributed by atoms with Crippen molar-refractivity contribution in [1.29, 1.82) is 0 Å². The van der Waals surface area contributed by atoms with Gasteiger partial charge in [0.05, 0.1) is 18.8 Å². The first-order valence-corrected chi connectivity index (χ1v) is 13.9. The first kappa shape index (κ1) is 29.6. The number of allylic oxidation sites excluding steroid dienone is 6. The van der Waals surface area contributed by atoms with Gasteiger partial charge in [-0.05, 0) is 88.2 Å². The van der Waals surface area contributed by atoms with Gasteiger partial charge in [0.15, 0.2) is 5.78 Å². The summed E-state index contributed by atoms with van der Waals surface area (Å²) < 4.78 is 5.46. The van der Waals surface area contributed by atoms with Crippen LogP contribution < -0.4 is 0 Å². The average Bonchev–Trinajstić information content (AvgIpc) is 3.10. The molecule has 0 aromatic carbocycles. The zero-order valence-corrected chi connectivity index (χ0v) is 24.2. The Balaban J connectivity index is 1.89. The van der Waals surface area contributed by atoms with Crippen LogP contribution in [0.25, 0.3) is 0 Å². The van der Waals surface area contributed by atoms with Crippen LogP contribution in [0.5, 0.6) is 0 Å². The zero-order valence-electron chi connectivity index (χ0n) is 24.2. The van der Waals surface area contributed by atoms with Crippen molar-refractivity contribution in [2.24, 2.45) is 28.1 Å². The number of carbonyl (C=O) groups is 2. The van der Waals surface area contributed by atoms with E-state index in [4.69, 9.17) is 4.74 Å². The molecule has 37 heavy (non-hydrogen) atoms. The van der Waals surface area contributed by atoms with E-state index in [1.807, 2.05) is 52.0 Å². The predicted octanol–water partition coefficient (Wildman–Crippen LogP) is 6.26. The number of Topliss-reactive ketones (excluding diaryl/α,β-unsaturated/α-hetero) is 1. The molecule has 5 nitrogen and oxygen atoms in total. The fraction of sp³-hybridized carbons (Fsp3) is 0.688. The number of rotatable bonds is 7. The van der Waals surface area contributed by atoms with Crippen molar-refractivity contribution in [2.45, 2.75) is 106 Å². The number of hydrogen-bond acceptors (Lipinski definition) is 5. The van der Waals surface area contributed by atoms with Gasteiger partial charge in [0.2, 0.25) is 0 Å². The zero-order chi connectivity index (χ0) is 27.8. The molecule has 3 rings (SSSR count). The Morgan fingerprint density at radius 3 is 2.38 bits per heavy atom. The molecular weight excluding hydrogens is 464 g/mol. The second-order valence-corrected chi connectivity index (χ2v) is 12.9. The smallest absolute Gasteiger partial charge is 0.302 e. The van der Waals surface area contributed by atoms with Gasteiger partial charge in [-0.3, -0.25) is 9.59 Å². The number of fused-ring (bicyclic) bond motifs is 3. The molecule has 0 bridgehead atoms. The molecule has 3 saturated carbocycles. The van der Waals surface area contributed by atoms with Crippen LogP contribution in [0.4, 0.5) is 0 Å². The third-order valence-corrected chi connectivity index (χ3v) is 10.0. The Hall–Kier alpha value is -1.98. The van der Waals surface area contributed by atoms with Crippen molar-refractivity contribution in [3.63, 3.8) is 0 Å². The molecular formula is C32H48O5. The van der Waals surface area contributed by atoms with Crippen molar-refractivity contribution in [1.82, 2.24) is 0 Å². The summed E-state index contributed by atoms with van der Waals surface area (Å²) in [6, 6.07) is 0. The maximum absolute atomic E-state index is 13.5. The summed E-state index contributed by atoms with van der Waals surface area (Å²) in [7, 11) is 0. The molecule has 0 spiro atoms. The van der Waals surface area contributed by atoms with Crippen molar-refractivity contribution < 1.29 is 24.5 Å².